The van der Waals surface area contributed by atoms with Crippen LogP contribution in [0.15, 0.2) is 16.9 Å². The van der Waals surface area contributed by atoms with E-state index in [9.17, 15) is 9.18 Å². The summed E-state index contributed by atoms with van der Waals surface area (Å²) in [6.45, 7) is 1.55. The van der Waals surface area contributed by atoms with E-state index in [4.69, 9.17) is 5.26 Å². The van der Waals surface area contributed by atoms with E-state index in [2.05, 4.69) is 10.3 Å². The van der Waals surface area contributed by atoms with Gasteiger partial charge in [-0.3, -0.25) is 9.79 Å². The summed E-state index contributed by atoms with van der Waals surface area (Å²) in [5.41, 5.74) is -1.48. The number of aliphatic imine (C=N–C) groups is 1. The Hall–Kier alpha value is -1.70. The molecule has 0 aromatic rings. The van der Waals surface area contributed by atoms with Crippen LogP contribution in [0.5, 0.6) is 0 Å². The molecule has 0 amide bonds. The first-order chi connectivity index (χ1) is 7.12. The molecule has 0 bridgehead atoms. The highest BCUT2D eigenvalue weighted by molar-refractivity contribution is 5.91. The van der Waals surface area contributed by atoms with Gasteiger partial charge in [0.05, 0.1) is 12.7 Å². The number of hydrogen-bond acceptors (Lipinski definition) is 4. The molecule has 0 atom stereocenters. The lowest BCUT2D eigenvalue weighted by molar-refractivity contribution is -0.124. The summed E-state index contributed by atoms with van der Waals surface area (Å²) >= 11 is 0. The topological polar surface area (TPSA) is 65.2 Å². The molecule has 15 heavy (non-hydrogen) atoms. The summed E-state index contributed by atoms with van der Waals surface area (Å²) in [4.78, 5) is 14.9. The Balaban J connectivity index is 2.42. The molecule has 0 spiro atoms. The fraction of sp³-hybridized carbons (Fsp3) is 0.500. The standard InChI is InChI=1S/C10H12FN3O/c1-2-13-6-8(5-12)14-7-9(15)10(11)3-4-10/h2,6,14H,3-4,7H2,1H3/b8-6-,13-2-. The quantitative estimate of drug-likeness (QED) is 0.544. The first kappa shape index (κ1) is 11.4. The Morgan fingerprint density at radius 2 is 2.40 bits per heavy atom. The minimum Gasteiger partial charge on any atom is -0.368 e. The third-order valence-corrected chi connectivity index (χ3v) is 2.10. The fourth-order valence-electron chi connectivity index (χ4n) is 0.986. The maximum absolute atomic E-state index is 13.2. The van der Waals surface area contributed by atoms with E-state index in [0.29, 0.717) is 12.8 Å². The van der Waals surface area contributed by atoms with E-state index in [-0.39, 0.29) is 12.2 Å². The molecule has 0 aliphatic heterocycles. The van der Waals surface area contributed by atoms with Crippen molar-refractivity contribution in [3.05, 3.63) is 11.9 Å². The molecule has 0 saturated heterocycles. The molecule has 80 valence electrons. The zero-order valence-corrected chi connectivity index (χ0v) is 8.46. The van der Waals surface area contributed by atoms with Crippen molar-refractivity contribution < 1.29 is 9.18 Å². The molecular weight excluding hydrogens is 197 g/mol. The number of hydrogen-bond donors (Lipinski definition) is 1. The zero-order valence-electron chi connectivity index (χ0n) is 8.46. The molecule has 0 aromatic carbocycles. The number of allylic oxidation sites excluding steroid dienone is 1. The minimum absolute atomic E-state index is 0.158. The van der Waals surface area contributed by atoms with Crippen LogP contribution in [-0.4, -0.2) is 24.2 Å². The lowest BCUT2D eigenvalue weighted by atomic mass is 10.2. The van der Waals surface area contributed by atoms with Crippen LogP contribution in [0.4, 0.5) is 4.39 Å². The van der Waals surface area contributed by atoms with Gasteiger partial charge < -0.3 is 5.32 Å². The fourth-order valence-corrected chi connectivity index (χ4v) is 0.986. The van der Waals surface area contributed by atoms with Crippen molar-refractivity contribution in [1.29, 1.82) is 5.26 Å². The molecule has 1 aliphatic rings. The molecule has 1 saturated carbocycles. The second-order valence-electron chi connectivity index (χ2n) is 3.30. The Morgan fingerprint density at radius 1 is 1.73 bits per heavy atom. The Morgan fingerprint density at radius 3 is 2.87 bits per heavy atom. The number of halogens is 1. The maximum atomic E-state index is 13.2. The lowest BCUT2D eigenvalue weighted by Gasteiger charge is -2.05. The van der Waals surface area contributed by atoms with Crippen molar-refractivity contribution >= 4 is 12.0 Å². The second kappa shape index (κ2) is 4.69. The highest BCUT2D eigenvalue weighted by atomic mass is 19.1. The van der Waals surface area contributed by atoms with Crippen LogP contribution in [0.2, 0.25) is 0 Å². The highest BCUT2D eigenvalue weighted by Gasteiger charge is 2.49. The number of nitriles is 1. The molecule has 1 aliphatic carbocycles. The van der Waals surface area contributed by atoms with Gasteiger partial charge in [0.2, 0.25) is 0 Å². The first-order valence-corrected chi connectivity index (χ1v) is 4.66. The van der Waals surface area contributed by atoms with Crippen LogP contribution in [0.3, 0.4) is 0 Å². The number of alkyl halides is 1. The molecule has 1 N–H and O–H groups in total. The van der Waals surface area contributed by atoms with Crippen LogP contribution in [-0.2, 0) is 4.79 Å². The van der Waals surface area contributed by atoms with Crippen LogP contribution in [0.1, 0.15) is 19.8 Å². The van der Waals surface area contributed by atoms with Crippen LogP contribution in [0.25, 0.3) is 0 Å². The summed E-state index contributed by atoms with van der Waals surface area (Å²) in [6.07, 6.45) is 3.40. The molecule has 5 heteroatoms. The van der Waals surface area contributed by atoms with Crippen LogP contribution >= 0.6 is 0 Å². The van der Waals surface area contributed by atoms with Gasteiger partial charge in [-0.05, 0) is 19.8 Å². The second-order valence-corrected chi connectivity index (χ2v) is 3.30. The number of nitrogens with zero attached hydrogens (tertiary/aromatic N) is 2. The lowest BCUT2D eigenvalue weighted by Crippen LogP contribution is -2.29. The van der Waals surface area contributed by atoms with Gasteiger partial charge in [0, 0.05) is 6.21 Å². The summed E-state index contributed by atoms with van der Waals surface area (Å²) in [5, 5.41) is 11.2. The van der Waals surface area contributed by atoms with Gasteiger partial charge in [-0.15, -0.1) is 0 Å². The number of carbonyl (C=O) groups is 1. The van der Waals surface area contributed by atoms with Crippen molar-refractivity contribution in [2.24, 2.45) is 4.99 Å². The predicted molar refractivity (Wildman–Crippen MR) is 53.9 cm³/mol. The van der Waals surface area contributed by atoms with E-state index < -0.39 is 11.5 Å². The predicted octanol–water partition coefficient (Wildman–Crippen LogP) is 1.10. The average Bonchev–Trinajstić information content (AvgIpc) is 2.98. The van der Waals surface area contributed by atoms with E-state index >= 15 is 0 Å². The number of rotatable bonds is 5. The largest absolute Gasteiger partial charge is 0.368 e. The van der Waals surface area contributed by atoms with Crippen molar-refractivity contribution in [3.63, 3.8) is 0 Å². The molecule has 0 heterocycles. The van der Waals surface area contributed by atoms with Gasteiger partial charge in [0.25, 0.3) is 0 Å². The van der Waals surface area contributed by atoms with Gasteiger partial charge in [0.15, 0.2) is 11.5 Å². The van der Waals surface area contributed by atoms with Crippen LogP contribution in [0, 0.1) is 11.3 Å². The van der Waals surface area contributed by atoms with Gasteiger partial charge in [-0.25, -0.2) is 4.39 Å². The normalized spacial score (nSPS) is 18.6. The average molecular weight is 209 g/mol. The minimum atomic E-state index is -1.64. The zero-order chi connectivity index (χ0) is 11.3. The molecule has 4 nitrogen and oxygen atoms in total. The van der Waals surface area contributed by atoms with Crippen molar-refractivity contribution in [2.45, 2.75) is 25.4 Å². The molecule has 0 aromatic heterocycles. The summed E-state index contributed by atoms with van der Waals surface area (Å²) < 4.78 is 13.2. The van der Waals surface area contributed by atoms with Crippen molar-refractivity contribution in [1.82, 2.24) is 5.32 Å². The van der Waals surface area contributed by atoms with Crippen LogP contribution < -0.4 is 5.32 Å². The van der Waals surface area contributed by atoms with E-state index in [1.54, 1.807) is 6.92 Å². The van der Waals surface area contributed by atoms with Crippen molar-refractivity contribution in [2.75, 3.05) is 6.54 Å². The molecule has 1 fully saturated rings. The van der Waals surface area contributed by atoms with Gasteiger partial charge in [-0.2, -0.15) is 5.26 Å². The summed E-state index contributed by atoms with van der Waals surface area (Å²) in [5.74, 6) is -0.496. The molecule has 0 radical (unpaired) electrons. The van der Waals surface area contributed by atoms with E-state index in [0.717, 1.165) is 0 Å². The monoisotopic (exact) mass is 209 g/mol. The summed E-state index contributed by atoms with van der Waals surface area (Å²) in [7, 11) is 0. The number of Topliss-reactive ketones (excluding diaryl/α,β-unsaturated/α-hetero) is 1. The Kier molecular flexibility index (Phi) is 3.56. The van der Waals surface area contributed by atoms with Gasteiger partial charge in [0.1, 0.15) is 11.8 Å². The number of carbonyl (C=O) groups excluding carboxylic acids is 1. The number of nitrogens with one attached hydrogen (secondary N) is 1. The smallest absolute Gasteiger partial charge is 0.188 e. The molecule has 1 rings (SSSR count). The van der Waals surface area contributed by atoms with E-state index in [1.165, 1.54) is 12.4 Å². The Bertz CT molecular complexity index is 350. The van der Waals surface area contributed by atoms with Gasteiger partial charge in [-0.1, -0.05) is 0 Å². The van der Waals surface area contributed by atoms with E-state index in [1.807, 2.05) is 6.07 Å². The highest BCUT2D eigenvalue weighted by Crippen LogP contribution is 2.40. The number of ketones is 1. The SMILES string of the molecule is C/C=N\C=C(\C#N)NCC(=O)C1(F)CC1. The van der Waals surface area contributed by atoms with Crippen molar-refractivity contribution in [3.8, 4) is 6.07 Å². The molecule has 0 unspecified atom stereocenters. The third kappa shape index (κ3) is 3.17. The van der Waals surface area contributed by atoms with Gasteiger partial charge >= 0.3 is 0 Å². The first-order valence-electron chi connectivity index (χ1n) is 4.66. The third-order valence-electron chi connectivity index (χ3n) is 2.10. The summed E-state index contributed by atoms with van der Waals surface area (Å²) in [6, 6.07) is 1.83. The molecular formula is C10H12FN3O. The maximum Gasteiger partial charge on any atom is 0.188 e. The Labute approximate surface area is 87.5 Å².